The van der Waals surface area contributed by atoms with Gasteiger partial charge in [-0.1, -0.05) is 123 Å². The van der Waals surface area contributed by atoms with Crippen molar-refractivity contribution in [3.63, 3.8) is 0 Å². The second-order valence-electron chi connectivity index (χ2n) is 18.6. The minimum absolute atomic E-state index is 0.138. The molecule has 2 aliphatic heterocycles. The van der Waals surface area contributed by atoms with Gasteiger partial charge in [-0.15, -0.1) is 0 Å². The van der Waals surface area contributed by atoms with Crippen molar-refractivity contribution in [1.29, 1.82) is 0 Å². The van der Waals surface area contributed by atoms with Gasteiger partial charge in [0.05, 0.1) is 35.5 Å². The Morgan fingerprint density at radius 2 is 1.15 bits per heavy atom. The zero-order valence-corrected chi connectivity index (χ0v) is 42.4. The van der Waals surface area contributed by atoms with Crippen LogP contribution in [0.5, 0.6) is 0 Å². The summed E-state index contributed by atoms with van der Waals surface area (Å²) in [6.07, 6.45) is 9.54. The van der Waals surface area contributed by atoms with Crippen LogP contribution >= 0.6 is 0 Å². The van der Waals surface area contributed by atoms with E-state index in [1.54, 1.807) is 12.1 Å². The van der Waals surface area contributed by atoms with Crippen LogP contribution in [0.1, 0.15) is 76.1 Å². The van der Waals surface area contributed by atoms with Gasteiger partial charge >= 0.3 is 6.03 Å². The fraction of sp³-hybridized carbons (Fsp3) is 0.300. The van der Waals surface area contributed by atoms with Crippen LogP contribution in [0.15, 0.2) is 163 Å². The first kappa shape index (κ1) is 52.5. The van der Waals surface area contributed by atoms with Gasteiger partial charge in [-0.05, 0) is 83.9 Å². The van der Waals surface area contributed by atoms with Crippen LogP contribution in [0, 0.1) is 0 Å². The van der Waals surface area contributed by atoms with E-state index in [1.807, 2.05) is 91.8 Å². The van der Waals surface area contributed by atoms with Gasteiger partial charge in [-0.2, -0.15) is 4.99 Å². The summed E-state index contributed by atoms with van der Waals surface area (Å²) >= 11 is 0. The van der Waals surface area contributed by atoms with E-state index in [9.17, 15) is 19.2 Å². The van der Waals surface area contributed by atoms with E-state index in [4.69, 9.17) is 4.98 Å². The molecule has 14 heteroatoms. The third-order valence-corrected chi connectivity index (χ3v) is 13.5. The molecule has 2 amide bonds. The molecule has 10 rings (SSSR count). The van der Waals surface area contributed by atoms with Crippen molar-refractivity contribution in [2.45, 2.75) is 64.5 Å². The zero-order valence-electron chi connectivity index (χ0n) is 42.4. The molecule has 14 nitrogen and oxygen atoms in total. The number of aromatic nitrogens is 4. The van der Waals surface area contributed by atoms with Crippen molar-refractivity contribution in [3.8, 4) is 22.5 Å². The van der Waals surface area contributed by atoms with Crippen LogP contribution in [0.4, 0.5) is 16.2 Å². The van der Waals surface area contributed by atoms with Crippen molar-refractivity contribution >= 4 is 56.6 Å². The van der Waals surface area contributed by atoms with Crippen molar-refractivity contribution in [2.75, 3.05) is 57.7 Å². The van der Waals surface area contributed by atoms with E-state index < -0.39 is 0 Å². The summed E-state index contributed by atoms with van der Waals surface area (Å²) in [4.78, 5) is 72.7. The topological polar surface area (TPSA) is 172 Å². The molecule has 0 aliphatic carbocycles. The lowest BCUT2D eigenvalue weighted by Crippen LogP contribution is -2.52. The van der Waals surface area contributed by atoms with Gasteiger partial charge in [0.25, 0.3) is 0 Å². The molecule has 2 aliphatic rings. The Balaban J connectivity index is 0.000000173. The number of Topliss-reactive ketones (excluding diaryl/α,β-unsaturated/α-hetero) is 2. The van der Waals surface area contributed by atoms with E-state index in [0.717, 1.165) is 92.0 Å². The molecule has 0 radical (unpaired) electrons. The maximum atomic E-state index is 13.3. The average Bonchev–Trinajstić information content (AvgIpc) is 4.16. The molecule has 4 N–H and O–H groups in total. The average molecular weight is 991 g/mol. The molecule has 2 unspecified atom stereocenters. The van der Waals surface area contributed by atoms with E-state index >= 15 is 0 Å². The maximum absolute atomic E-state index is 13.3. The number of nitrogens with one attached hydrogen (secondary N) is 4. The molecule has 2 aromatic heterocycles. The fourth-order valence-electron chi connectivity index (χ4n) is 9.37. The first-order valence-corrected chi connectivity index (χ1v) is 25.8. The summed E-state index contributed by atoms with van der Waals surface area (Å²) in [5, 5.41) is 11.4. The van der Waals surface area contributed by atoms with Crippen molar-refractivity contribution in [1.82, 2.24) is 40.0 Å². The molecular weight excluding hydrogens is 925 g/mol. The number of isocyanates is 1. The van der Waals surface area contributed by atoms with Crippen LogP contribution < -0.4 is 10.6 Å². The molecule has 380 valence electrons. The van der Waals surface area contributed by atoms with E-state index in [0.29, 0.717) is 56.0 Å². The number of H-pyrrole nitrogens is 2. The van der Waals surface area contributed by atoms with Gasteiger partial charge in [-0.3, -0.25) is 14.5 Å². The number of hydrogen-bond acceptors (Lipinski definition) is 10. The van der Waals surface area contributed by atoms with Crippen LogP contribution in [-0.2, 0) is 14.4 Å². The number of amides is 2. The molecule has 2 fully saturated rings. The number of piperazine rings is 2. The number of anilines is 1. The van der Waals surface area contributed by atoms with Crippen LogP contribution in [0.25, 0.3) is 44.1 Å². The Bertz CT molecular complexity index is 3130. The maximum Gasteiger partial charge on any atom is 0.322 e. The molecular formula is C60H66N10O4. The molecule has 2 saturated heterocycles. The third-order valence-electron chi connectivity index (χ3n) is 13.5. The van der Waals surface area contributed by atoms with Gasteiger partial charge in [0.2, 0.25) is 6.08 Å². The van der Waals surface area contributed by atoms with Crippen molar-refractivity contribution in [3.05, 3.63) is 170 Å². The van der Waals surface area contributed by atoms with Gasteiger partial charge < -0.3 is 30.4 Å². The Morgan fingerprint density at radius 3 is 1.73 bits per heavy atom. The highest BCUT2D eigenvalue weighted by atomic mass is 16.2. The second kappa shape index (κ2) is 26.7. The smallest absolute Gasteiger partial charge is 0.322 e. The van der Waals surface area contributed by atoms with Gasteiger partial charge in [0, 0.05) is 81.8 Å². The SMILES string of the molecule is CCC(=O)CCCN1CCN(C(=O)Nc2ccccc2)C(c2ncc(-c3ccc4ccccc4c3)[nH]2)C1.CCC(=O)CCCN1CCNC(c2ncc(-c3ccc4ccccc4c3)[nH]2)C1.O=C=Nc1ccccc1. The van der Waals surface area contributed by atoms with Crippen LogP contribution in [0.2, 0.25) is 0 Å². The van der Waals surface area contributed by atoms with Crippen molar-refractivity contribution in [2.24, 2.45) is 4.99 Å². The number of para-hydroxylation sites is 2. The molecule has 74 heavy (non-hydrogen) atoms. The Kier molecular flexibility index (Phi) is 18.9. The lowest BCUT2D eigenvalue weighted by Gasteiger charge is -2.40. The monoisotopic (exact) mass is 991 g/mol. The first-order valence-electron chi connectivity index (χ1n) is 25.8. The second-order valence-corrected chi connectivity index (χ2v) is 18.6. The van der Waals surface area contributed by atoms with Gasteiger partial charge in [-0.25, -0.2) is 19.6 Å². The summed E-state index contributed by atoms with van der Waals surface area (Å²) in [5.74, 6) is 2.40. The number of ketones is 2. The zero-order chi connectivity index (χ0) is 51.5. The third kappa shape index (κ3) is 14.6. The summed E-state index contributed by atoms with van der Waals surface area (Å²) in [7, 11) is 0. The number of carbonyl (C=O) groups excluding carboxylic acids is 4. The molecule has 6 aromatic carbocycles. The fourth-order valence-corrected chi connectivity index (χ4v) is 9.37. The number of carbonyl (C=O) groups is 3. The lowest BCUT2D eigenvalue weighted by atomic mass is 10.1. The molecule has 0 spiro atoms. The number of imidazole rings is 2. The van der Waals surface area contributed by atoms with Gasteiger partial charge in [0.1, 0.15) is 29.3 Å². The summed E-state index contributed by atoms with van der Waals surface area (Å²) < 4.78 is 0. The Hall–Kier alpha value is -7.87. The molecule has 0 bridgehead atoms. The normalized spacial score (nSPS) is 15.8. The predicted molar refractivity (Wildman–Crippen MR) is 295 cm³/mol. The lowest BCUT2D eigenvalue weighted by molar-refractivity contribution is -0.119. The quantitative estimate of drug-likeness (QED) is 0.0543. The Labute approximate surface area is 433 Å². The minimum atomic E-state index is -0.228. The molecule has 0 saturated carbocycles. The number of urea groups is 1. The predicted octanol–water partition coefficient (Wildman–Crippen LogP) is 11.5. The molecule has 8 aromatic rings. The highest BCUT2D eigenvalue weighted by Gasteiger charge is 2.34. The van der Waals surface area contributed by atoms with E-state index in [2.05, 4.69) is 113 Å². The van der Waals surface area contributed by atoms with Crippen LogP contribution in [-0.4, -0.2) is 111 Å². The number of aliphatic imine (C=N–C) groups is 1. The van der Waals surface area contributed by atoms with Crippen molar-refractivity contribution < 1.29 is 19.2 Å². The first-order chi connectivity index (χ1) is 36.3. The number of rotatable bonds is 16. The number of fused-ring (bicyclic) bond motifs is 2. The highest BCUT2D eigenvalue weighted by molar-refractivity contribution is 5.90. The highest BCUT2D eigenvalue weighted by Crippen LogP contribution is 2.30. The number of benzene rings is 6. The number of hydrogen-bond donors (Lipinski definition) is 4. The Morgan fingerprint density at radius 1 is 0.622 bits per heavy atom. The van der Waals surface area contributed by atoms with E-state index in [1.165, 1.54) is 27.6 Å². The van der Waals surface area contributed by atoms with E-state index in [-0.39, 0.29) is 18.1 Å². The minimum Gasteiger partial charge on any atom is -0.341 e. The number of nitrogens with zero attached hydrogens (tertiary/aromatic N) is 6. The summed E-state index contributed by atoms with van der Waals surface area (Å²) in [6.45, 7) is 10.5. The summed E-state index contributed by atoms with van der Waals surface area (Å²) in [5.41, 5.74) is 5.60. The van der Waals surface area contributed by atoms with Gasteiger partial charge in [0.15, 0.2) is 0 Å². The molecule has 4 heterocycles. The largest absolute Gasteiger partial charge is 0.341 e. The standard InChI is InChI=1S/C30H33N5O2.C23H28N4O.C7H5NO/c1-2-26(36)13-8-16-34-17-18-35(30(37)32-25-11-4-3-5-12-25)28(21-34)29-31-20-27(33-29)24-15-14-22-9-6-7-10-23(22)19-24;1-2-20(28)8-5-12-27-13-11-24-22(16-27)23-25-15-21(26-23)19-10-9-17-6-3-4-7-18(17)14-19;9-6-8-7-4-2-1-3-5-7/h3-7,9-12,14-15,19-20,28H,2,8,13,16-18,21H2,1H3,(H,31,33)(H,32,37);3-4,6-7,9-10,14-15,22,24H,2,5,8,11-13,16H2,1H3,(H,25,26);1-5H. The van der Waals surface area contributed by atoms with Crippen LogP contribution in [0.3, 0.4) is 0 Å². The molecule has 2 atom stereocenters. The number of aromatic amines is 2. The summed E-state index contributed by atoms with van der Waals surface area (Å²) in [6, 6.07) is 47.9.